The fraction of sp³-hybridized carbons (Fsp3) is 0.348. The molecule has 4 heterocycles. The van der Waals surface area contributed by atoms with Gasteiger partial charge in [-0.15, -0.1) is 11.3 Å². The predicted octanol–water partition coefficient (Wildman–Crippen LogP) is 5.60. The lowest BCUT2D eigenvalue weighted by Gasteiger charge is -2.29. The smallest absolute Gasteiger partial charge is 0.312 e. The fourth-order valence-corrected chi connectivity index (χ4v) is 6.10. The van der Waals surface area contributed by atoms with E-state index in [4.69, 9.17) is 11.6 Å². The van der Waals surface area contributed by atoms with Gasteiger partial charge < -0.3 is 19.7 Å². The quantitative estimate of drug-likeness (QED) is 0.535. The molecule has 156 valence electrons. The van der Waals surface area contributed by atoms with Crippen molar-refractivity contribution in [2.75, 3.05) is 18.9 Å². The summed E-state index contributed by atoms with van der Waals surface area (Å²) >= 11 is 8.04. The minimum atomic E-state index is -0.0960. The Kier molecular flexibility index (Phi) is 4.88. The Balaban J connectivity index is 1.55. The lowest BCUT2D eigenvalue weighted by molar-refractivity contribution is 0.189. The first-order valence-corrected chi connectivity index (χ1v) is 11.4. The molecule has 0 saturated carbocycles. The second-order valence-corrected chi connectivity index (χ2v) is 9.79. The summed E-state index contributed by atoms with van der Waals surface area (Å²) in [7, 11) is 2.17. The lowest BCUT2D eigenvalue weighted by atomic mass is 10.0. The number of nitrogens with zero attached hydrogens (tertiary/aromatic N) is 3. The number of thiophene rings is 1. The molecule has 1 aromatic carbocycles. The van der Waals surface area contributed by atoms with Crippen LogP contribution in [0.1, 0.15) is 40.2 Å². The van der Waals surface area contributed by atoms with Crippen molar-refractivity contribution in [2.24, 2.45) is 0 Å². The van der Waals surface area contributed by atoms with Crippen molar-refractivity contribution in [1.29, 1.82) is 0 Å². The molecule has 30 heavy (non-hydrogen) atoms. The average molecular weight is 441 g/mol. The summed E-state index contributed by atoms with van der Waals surface area (Å²) < 4.78 is 2.28. The number of halogens is 1. The molecule has 0 radical (unpaired) electrons. The van der Waals surface area contributed by atoms with Crippen LogP contribution in [-0.2, 0) is 19.5 Å². The van der Waals surface area contributed by atoms with Crippen LogP contribution in [0.4, 0.5) is 10.5 Å². The predicted molar refractivity (Wildman–Crippen MR) is 123 cm³/mol. The van der Waals surface area contributed by atoms with Crippen LogP contribution in [0.3, 0.4) is 0 Å². The number of hydrogen-bond donors (Lipinski definition) is 1. The maximum Gasteiger partial charge on any atom is 0.322 e. The van der Waals surface area contributed by atoms with E-state index in [1.54, 1.807) is 0 Å². The summed E-state index contributed by atoms with van der Waals surface area (Å²) in [5, 5.41) is 4.98. The third-order valence-corrected chi connectivity index (χ3v) is 7.75. The highest BCUT2D eigenvalue weighted by molar-refractivity contribution is 7.15. The van der Waals surface area contributed by atoms with Gasteiger partial charge in [0.15, 0.2) is 0 Å². The number of carbonyl (C=O) groups is 1. The average Bonchev–Trinajstić information content (AvgIpc) is 3.30. The maximum absolute atomic E-state index is 13.4. The van der Waals surface area contributed by atoms with Crippen LogP contribution >= 0.6 is 22.9 Å². The molecule has 1 atom stereocenters. The third kappa shape index (κ3) is 3.23. The van der Waals surface area contributed by atoms with Crippen molar-refractivity contribution in [3.63, 3.8) is 0 Å². The van der Waals surface area contributed by atoms with Gasteiger partial charge in [-0.25, -0.2) is 4.79 Å². The molecule has 2 aliphatic rings. The Morgan fingerprint density at radius 3 is 2.90 bits per heavy atom. The summed E-state index contributed by atoms with van der Waals surface area (Å²) in [5.74, 6) is 0. The van der Waals surface area contributed by atoms with Crippen LogP contribution in [-0.4, -0.2) is 34.0 Å². The number of fused-ring (bicyclic) bond motifs is 5. The molecule has 0 bridgehead atoms. The van der Waals surface area contributed by atoms with Gasteiger partial charge >= 0.3 is 6.03 Å². The van der Waals surface area contributed by atoms with Crippen molar-refractivity contribution in [1.82, 2.24) is 14.4 Å². The summed E-state index contributed by atoms with van der Waals surface area (Å²) in [5.41, 5.74) is 5.61. The highest BCUT2D eigenvalue weighted by Crippen LogP contribution is 2.41. The van der Waals surface area contributed by atoms with Crippen molar-refractivity contribution >= 4 is 34.7 Å². The van der Waals surface area contributed by atoms with Gasteiger partial charge in [-0.05, 0) is 62.7 Å². The van der Waals surface area contributed by atoms with E-state index in [-0.39, 0.29) is 12.1 Å². The molecule has 0 fully saturated rings. The Hall–Kier alpha value is -2.28. The van der Waals surface area contributed by atoms with Crippen molar-refractivity contribution in [3.8, 4) is 5.00 Å². The largest absolute Gasteiger partial charge is 0.322 e. The Morgan fingerprint density at radius 2 is 2.07 bits per heavy atom. The van der Waals surface area contributed by atoms with E-state index in [9.17, 15) is 4.79 Å². The minimum Gasteiger partial charge on any atom is -0.312 e. The molecule has 2 aliphatic heterocycles. The first kappa shape index (κ1) is 19.7. The Labute approximate surface area is 185 Å². The summed E-state index contributed by atoms with van der Waals surface area (Å²) in [6, 6.07) is 9.64. The van der Waals surface area contributed by atoms with Crippen LogP contribution in [0.5, 0.6) is 0 Å². The first-order chi connectivity index (χ1) is 14.4. The molecule has 1 N–H and O–H groups in total. The molecule has 2 amide bonds. The molecule has 0 aliphatic carbocycles. The fourth-order valence-electron chi connectivity index (χ4n) is 4.49. The number of amides is 2. The second-order valence-electron chi connectivity index (χ2n) is 8.27. The molecular weight excluding hydrogens is 416 g/mol. The second kappa shape index (κ2) is 7.45. The summed E-state index contributed by atoms with van der Waals surface area (Å²) in [6.45, 7) is 6.73. The third-order valence-electron chi connectivity index (χ3n) is 6.26. The van der Waals surface area contributed by atoms with Crippen molar-refractivity contribution in [2.45, 2.75) is 39.4 Å². The van der Waals surface area contributed by atoms with E-state index < -0.39 is 0 Å². The molecule has 0 spiro atoms. The highest BCUT2D eigenvalue weighted by Gasteiger charge is 2.33. The number of anilines is 1. The number of aromatic nitrogens is 1. The van der Waals surface area contributed by atoms with E-state index in [0.717, 1.165) is 36.5 Å². The van der Waals surface area contributed by atoms with Crippen LogP contribution < -0.4 is 5.32 Å². The van der Waals surface area contributed by atoms with Gasteiger partial charge in [-0.3, -0.25) is 0 Å². The summed E-state index contributed by atoms with van der Waals surface area (Å²) in [4.78, 5) is 19.2. The number of aryl methyl sites for hydroxylation is 1. The zero-order valence-corrected chi connectivity index (χ0v) is 19.0. The highest BCUT2D eigenvalue weighted by atomic mass is 35.5. The minimum absolute atomic E-state index is 0.0407. The number of benzene rings is 1. The SMILES string of the molecule is Cc1ccc(Cl)cc1NC(=O)N1Cc2c(sc3c2CCN(C)C3)-n2cccc2[C@@H]1C. The van der Waals surface area contributed by atoms with Gasteiger partial charge in [-0.2, -0.15) is 0 Å². The molecule has 0 saturated heterocycles. The van der Waals surface area contributed by atoms with Gasteiger partial charge in [0, 0.05) is 46.1 Å². The topological polar surface area (TPSA) is 40.5 Å². The molecule has 7 heteroatoms. The molecule has 2 aromatic heterocycles. The van der Waals surface area contributed by atoms with Crippen LogP contribution in [0, 0.1) is 6.92 Å². The number of hydrogen-bond acceptors (Lipinski definition) is 3. The molecule has 0 unspecified atom stereocenters. The van der Waals surface area contributed by atoms with Crippen LogP contribution in [0.2, 0.25) is 5.02 Å². The van der Waals surface area contributed by atoms with Gasteiger partial charge in [-0.1, -0.05) is 17.7 Å². The number of nitrogens with one attached hydrogen (secondary N) is 1. The van der Waals surface area contributed by atoms with E-state index >= 15 is 0 Å². The maximum atomic E-state index is 13.4. The van der Waals surface area contributed by atoms with Gasteiger partial charge in [0.2, 0.25) is 0 Å². The van der Waals surface area contributed by atoms with Crippen LogP contribution in [0.25, 0.3) is 5.00 Å². The van der Waals surface area contributed by atoms with E-state index in [0.29, 0.717) is 11.6 Å². The van der Waals surface area contributed by atoms with Gasteiger partial charge in [0.1, 0.15) is 5.00 Å². The zero-order valence-electron chi connectivity index (χ0n) is 17.4. The lowest BCUT2D eigenvalue weighted by Crippen LogP contribution is -2.36. The normalized spacial score (nSPS) is 18.4. The molecular formula is C23H25ClN4OS. The number of rotatable bonds is 1. The number of likely N-dealkylation sites (N-methyl/N-ethyl adjacent to an activating group) is 1. The molecule has 5 nitrogen and oxygen atoms in total. The van der Waals surface area contributed by atoms with Crippen molar-refractivity contribution in [3.05, 3.63) is 68.8 Å². The van der Waals surface area contributed by atoms with Gasteiger partial charge in [0.25, 0.3) is 0 Å². The first-order valence-electron chi connectivity index (χ1n) is 10.3. The standard InChI is InChI=1S/C23H25ClN4OS/c1-14-6-7-16(24)11-19(14)25-23(29)28-12-18-17-8-10-26(3)13-21(17)30-22(18)27-9-4-5-20(27)15(28)2/h4-7,9,11,15H,8,10,12-13H2,1-3H3,(H,25,29)/t15-/m0/s1. The molecule has 5 rings (SSSR count). The van der Waals surface area contributed by atoms with Crippen molar-refractivity contribution < 1.29 is 4.79 Å². The number of urea groups is 1. The molecule has 3 aromatic rings. The monoisotopic (exact) mass is 440 g/mol. The van der Waals surface area contributed by atoms with Crippen LogP contribution in [0.15, 0.2) is 36.5 Å². The Morgan fingerprint density at radius 1 is 1.23 bits per heavy atom. The van der Waals surface area contributed by atoms with E-state index in [2.05, 4.69) is 47.1 Å². The number of carbonyl (C=O) groups excluding carboxylic acids is 1. The van der Waals surface area contributed by atoms with Gasteiger partial charge in [0.05, 0.1) is 12.6 Å². The zero-order chi connectivity index (χ0) is 21.0. The van der Waals surface area contributed by atoms with E-state index in [1.165, 1.54) is 21.0 Å². The Bertz CT molecular complexity index is 1130. The van der Waals surface area contributed by atoms with E-state index in [1.807, 2.05) is 41.4 Å². The summed E-state index contributed by atoms with van der Waals surface area (Å²) in [6.07, 6.45) is 3.16.